The summed E-state index contributed by atoms with van der Waals surface area (Å²) in [6, 6.07) is 10.1. The third kappa shape index (κ3) is 4.64. The minimum absolute atomic E-state index is 0.145. The standard InChI is InChI=1S/C22H31NO6/c1-23(25-2)19(24)13-17-20-21(29-22(28-20)11-7-4-8-12-22)18(15-27-17)26-14-16-9-5-3-6-10-16/h3,5-6,9-10,17-18,20-21H,4,7-8,11-15H2,1-2H3/t17-,18-,20-,21+/m0/s1. The molecule has 0 N–H and O–H groups in total. The van der Waals surface area contributed by atoms with E-state index in [-0.39, 0.29) is 36.7 Å². The van der Waals surface area contributed by atoms with Crippen molar-refractivity contribution in [2.24, 2.45) is 0 Å². The number of hydrogen-bond donors (Lipinski definition) is 0. The molecule has 1 saturated carbocycles. The molecule has 3 fully saturated rings. The van der Waals surface area contributed by atoms with Crippen LogP contribution in [0.25, 0.3) is 0 Å². The maximum absolute atomic E-state index is 12.4. The molecule has 7 heteroatoms. The van der Waals surface area contributed by atoms with E-state index < -0.39 is 5.79 Å². The van der Waals surface area contributed by atoms with Crippen molar-refractivity contribution in [2.75, 3.05) is 20.8 Å². The van der Waals surface area contributed by atoms with Crippen LogP contribution in [0.4, 0.5) is 0 Å². The first kappa shape index (κ1) is 20.8. The number of hydroxylamine groups is 2. The lowest BCUT2D eigenvalue weighted by Crippen LogP contribution is -2.53. The summed E-state index contributed by atoms with van der Waals surface area (Å²) in [7, 11) is 3.07. The minimum atomic E-state index is -0.565. The van der Waals surface area contributed by atoms with Crippen LogP contribution < -0.4 is 0 Å². The third-order valence-corrected chi connectivity index (χ3v) is 6.16. The summed E-state index contributed by atoms with van der Waals surface area (Å²) in [5.41, 5.74) is 1.11. The molecule has 0 unspecified atom stereocenters. The van der Waals surface area contributed by atoms with E-state index in [0.717, 1.165) is 31.2 Å². The molecule has 2 heterocycles. The highest BCUT2D eigenvalue weighted by Gasteiger charge is 2.56. The molecule has 160 valence electrons. The van der Waals surface area contributed by atoms with E-state index >= 15 is 0 Å². The van der Waals surface area contributed by atoms with Gasteiger partial charge in [-0.15, -0.1) is 0 Å². The summed E-state index contributed by atoms with van der Waals surface area (Å²) < 4.78 is 25.2. The molecule has 2 aliphatic heterocycles. The topological polar surface area (TPSA) is 66.5 Å². The molecule has 29 heavy (non-hydrogen) atoms. The number of fused-ring (bicyclic) bond motifs is 1. The van der Waals surface area contributed by atoms with E-state index in [4.69, 9.17) is 23.8 Å². The number of amides is 1. The average Bonchev–Trinajstić information content (AvgIpc) is 3.12. The Kier molecular flexibility index (Phi) is 6.51. The molecule has 1 amide bonds. The summed E-state index contributed by atoms with van der Waals surface area (Å²) in [6.45, 7) is 0.868. The highest BCUT2D eigenvalue weighted by atomic mass is 16.8. The number of rotatable bonds is 6. The molecular formula is C22H31NO6. The maximum atomic E-state index is 12.4. The number of ether oxygens (including phenoxy) is 4. The maximum Gasteiger partial charge on any atom is 0.248 e. The predicted octanol–water partition coefficient (Wildman–Crippen LogP) is 2.82. The van der Waals surface area contributed by atoms with Crippen LogP contribution in [0.1, 0.15) is 44.1 Å². The monoisotopic (exact) mass is 405 g/mol. The van der Waals surface area contributed by atoms with Crippen molar-refractivity contribution in [1.82, 2.24) is 5.06 Å². The molecule has 4 rings (SSSR count). The first-order valence-electron chi connectivity index (χ1n) is 10.5. The summed E-state index contributed by atoms with van der Waals surface area (Å²) in [5, 5.41) is 1.22. The van der Waals surface area contributed by atoms with Gasteiger partial charge in [0.15, 0.2) is 5.79 Å². The van der Waals surface area contributed by atoms with E-state index in [0.29, 0.717) is 13.2 Å². The summed E-state index contributed by atoms with van der Waals surface area (Å²) in [4.78, 5) is 17.4. The van der Waals surface area contributed by atoms with Crippen LogP contribution in [0.3, 0.4) is 0 Å². The van der Waals surface area contributed by atoms with E-state index in [1.54, 1.807) is 7.05 Å². The van der Waals surface area contributed by atoms with Gasteiger partial charge in [-0.3, -0.25) is 9.63 Å². The van der Waals surface area contributed by atoms with Gasteiger partial charge in [-0.1, -0.05) is 36.8 Å². The molecule has 4 atom stereocenters. The summed E-state index contributed by atoms with van der Waals surface area (Å²) in [5.74, 6) is -0.711. The van der Waals surface area contributed by atoms with Gasteiger partial charge in [-0.25, -0.2) is 5.06 Å². The molecule has 1 aromatic carbocycles. The van der Waals surface area contributed by atoms with Crippen LogP contribution in [0.5, 0.6) is 0 Å². The molecule has 0 bridgehead atoms. The zero-order valence-corrected chi connectivity index (χ0v) is 17.2. The summed E-state index contributed by atoms with van der Waals surface area (Å²) in [6.07, 6.45) is 4.17. The molecular weight excluding hydrogens is 374 g/mol. The number of benzene rings is 1. The average molecular weight is 405 g/mol. The predicted molar refractivity (Wildman–Crippen MR) is 105 cm³/mol. The van der Waals surface area contributed by atoms with Gasteiger partial charge in [0, 0.05) is 19.9 Å². The molecule has 1 aliphatic carbocycles. The van der Waals surface area contributed by atoms with Crippen LogP contribution in [0, 0.1) is 0 Å². The molecule has 1 aromatic rings. The smallest absolute Gasteiger partial charge is 0.248 e. The van der Waals surface area contributed by atoms with Crippen molar-refractivity contribution in [3.8, 4) is 0 Å². The lowest BCUT2D eigenvalue weighted by molar-refractivity contribution is -0.201. The quantitative estimate of drug-likeness (QED) is 0.678. The van der Waals surface area contributed by atoms with E-state index in [2.05, 4.69) is 0 Å². The minimum Gasteiger partial charge on any atom is -0.372 e. The second kappa shape index (κ2) is 9.10. The normalized spacial score (nSPS) is 30.8. The number of nitrogens with zero attached hydrogens (tertiary/aromatic N) is 1. The Balaban J connectivity index is 1.46. The van der Waals surface area contributed by atoms with Crippen molar-refractivity contribution < 1.29 is 28.6 Å². The van der Waals surface area contributed by atoms with Crippen molar-refractivity contribution in [3.63, 3.8) is 0 Å². The number of hydrogen-bond acceptors (Lipinski definition) is 6. The van der Waals surface area contributed by atoms with Crippen LogP contribution in [-0.2, 0) is 35.2 Å². The fourth-order valence-corrected chi connectivity index (χ4v) is 4.47. The molecule has 7 nitrogen and oxygen atoms in total. The van der Waals surface area contributed by atoms with Crippen molar-refractivity contribution in [1.29, 1.82) is 0 Å². The van der Waals surface area contributed by atoms with Gasteiger partial charge in [0.1, 0.15) is 18.3 Å². The fourth-order valence-electron chi connectivity index (χ4n) is 4.47. The first-order chi connectivity index (χ1) is 14.1. The Morgan fingerprint density at radius 1 is 1.14 bits per heavy atom. The number of carbonyl (C=O) groups is 1. The van der Waals surface area contributed by atoms with Crippen LogP contribution in [0.2, 0.25) is 0 Å². The van der Waals surface area contributed by atoms with Gasteiger partial charge in [-0.05, 0) is 18.4 Å². The van der Waals surface area contributed by atoms with Crippen LogP contribution in [0.15, 0.2) is 30.3 Å². The Hall–Kier alpha value is -1.51. The van der Waals surface area contributed by atoms with Gasteiger partial charge in [0.25, 0.3) is 0 Å². The molecule has 3 aliphatic rings. The second-order valence-electron chi connectivity index (χ2n) is 8.12. The Morgan fingerprint density at radius 3 is 2.59 bits per heavy atom. The van der Waals surface area contributed by atoms with Gasteiger partial charge in [0.2, 0.25) is 5.91 Å². The highest BCUT2D eigenvalue weighted by molar-refractivity contribution is 5.75. The lowest BCUT2D eigenvalue weighted by Gasteiger charge is -2.37. The van der Waals surface area contributed by atoms with Gasteiger partial charge >= 0.3 is 0 Å². The van der Waals surface area contributed by atoms with Crippen molar-refractivity contribution in [2.45, 2.75) is 75.3 Å². The number of carbonyl (C=O) groups excluding carboxylic acids is 1. The van der Waals surface area contributed by atoms with Crippen molar-refractivity contribution >= 4 is 5.91 Å². The first-order valence-corrected chi connectivity index (χ1v) is 10.5. The second-order valence-corrected chi connectivity index (χ2v) is 8.12. The Bertz CT molecular complexity index is 677. The van der Waals surface area contributed by atoms with Crippen LogP contribution in [-0.4, -0.2) is 61.9 Å². The molecule has 0 aromatic heterocycles. The summed E-state index contributed by atoms with van der Waals surface area (Å²) >= 11 is 0. The van der Waals surface area contributed by atoms with Gasteiger partial charge < -0.3 is 18.9 Å². The fraction of sp³-hybridized carbons (Fsp3) is 0.682. The highest BCUT2D eigenvalue weighted by Crippen LogP contribution is 2.45. The third-order valence-electron chi connectivity index (χ3n) is 6.16. The lowest BCUT2D eigenvalue weighted by atomic mass is 9.94. The SMILES string of the molecule is CON(C)C(=O)C[C@@H]1OC[C@H](OCc2ccccc2)[C@H]2OC3(CCCCC3)O[C@H]21. The Labute approximate surface area is 172 Å². The zero-order chi connectivity index (χ0) is 20.3. The Morgan fingerprint density at radius 2 is 1.86 bits per heavy atom. The van der Waals surface area contributed by atoms with E-state index in [9.17, 15) is 4.79 Å². The largest absolute Gasteiger partial charge is 0.372 e. The van der Waals surface area contributed by atoms with Gasteiger partial charge in [-0.2, -0.15) is 0 Å². The van der Waals surface area contributed by atoms with Crippen molar-refractivity contribution in [3.05, 3.63) is 35.9 Å². The van der Waals surface area contributed by atoms with E-state index in [1.165, 1.54) is 18.6 Å². The van der Waals surface area contributed by atoms with Gasteiger partial charge in [0.05, 0.1) is 32.8 Å². The zero-order valence-electron chi connectivity index (χ0n) is 17.2. The molecule has 1 spiro atoms. The molecule has 2 saturated heterocycles. The van der Waals surface area contributed by atoms with Crippen LogP contribution >= 0.6 is 0 Å². The molecule has 0 radical (unpaired) electrons. The van der Waals surface area contributed by atoms with E-state index in [1.807, 2.05) is 30.3 Å².